The smallest absolute Gasteiger partial charge is 0.0152 e. The summed E-state index contributed by atoms with van der Waals surface area (Å²) in [6.45, 7) is 12.8. The number of hydrogen-bond acceptors (Lipinski definition) is 0. The topological polar surface area (TPSA) is 0 Å². The predicted octanol–water partition coefficient (Wildman–Crippen LogP) is 6.12. The summed E-state index contributed by atoms with van der Waals surface area (Å²) in [7, 11) is 0. The van der Waals surface area contributed by atoms with E-state index in [4.69, 9.17) is 0 Å². The molecule has 2 aromatic carbocycles. The van der Waals surface area contributed by atoms with Gasteiger partial charge in [0.05, 0.1) is 0 Å². The van der Waals surface area contributed by atoms with E-state index in [9.17, 15) is 0 Å². The maximum atomic E-state index is 2.31. The minimum atomic E-state index is 0.583. The van der Waals surface area contributed by atoms with Crippen molar-refractivity contribution >= 4 is 0 Å². The van der Waals surface area contributed by atoms with E-state index in [-0.39, 0.29) is 0 Å². The largest absolute Gasteiger partial charge is 0.0683 e. The molecular formula is C19H26. The summed E-state index contributed by atoms with van der Waals surface area (Å²) in [5.74, 6) is 0.583. The van der Waals surface area contributed by atoms with Gasteiger partial charge in [0, 0.05) is 0 Å². The van der Waals surface area contributed by atoms with E-state index in [0.29, 0.717) is 5.92 Å². The SMILES string of the molecule is CC.Cc1ccc(C)c(-c2cccc(C(C)C)c2)c1. The predicted molar refractivity (Wildman–Crippen MR) is 86.8 cm³/mol. The number of rotatable bonds is 2. The lowest BCUT2D eigenvalue weighted by molar-refractivity contribution is 0.867. The molecule has 0 N–H and O–H groups in total. The Hall–Kier alpha value is -1.56. The van der Waals surface area contributed by atoms with Gasteiger partial charge >= 0.3 is 0 Å². The van der Waals surface area contributed by atoms with E-state index in [0.717, 1.165) is 0 Å². The van der Waals surface area contributed by atoms with Crippen molar-refractivity contribution in [2.75, 3.05) is 0 Å². The highest BCUT2D eigenvalue weighted by molar-refractivity contribution is 5.68. The molecule has 0 saturated heterocycles. The lowest BCUT2D eigenvalue weighted by Crippen LogP contribution is -1.89. The maximum absolute atomic E-state index is 2.31. The maximum Gasteiger partial charge on any atom is -0.0152 e. The summed E-state index contributed by atoms with van der Waals surface area (Å²) >= 11 is 0. The molecule has 0 unspecified atom stereocenters. The average Bonchev–Trinajstić information content (AvgIpc) is 2.44. The van der Waals surface area contributed by atoms with Crippen LogP contribution in [0.2, 0.25) is 0 Å². The first-order valence-electron chi connectivity index (χ1n) is 7.25. The molecule has 0 bridgehead atoms. The van der Waals surface area contributed by atoms with Crippen LogP contribution < -0.4 is 0 Å². The van der Waals surface area contributed by atoms with Gasteiger partial charge in [-0.3, -0.25) is 0 Å². The van der Waals surface area contributed by atoms with Crippen molar-refractivity contribution in [2.24, 2.45) is 0 Å². The van der Waals surface area contributed by atoms with Crippen molar-refractivity contribution in [1.29, 1.82) is 0 Å². The number of benzene rings is 2. The summed E-state index contributed by atoms with van der Waals surface area (Å²) in [5.41, 5.74) is 6.75. The standard InChI is InChI=1S/C17H20.C2H6/c1-12(2)15-6-5-7-16(11-15)17-10-13(3)8-9-14(17)4;1-2/h5-12H,1-4H3;1-2H3. The molecule has 102 valence electrons. The van der Waals surface area contributed by atoms with Gasteiger partial charge < -0.3 is 0 Å². The van der Waals surface area contributed by atoms with Crippen LogP contribution in [0.15, 0.2) is 42.5 Å². The van der Waals surface area contributed by atoms with Crippen molar-refractivity contribution in [2.45, 2.75) is 47.5 Å². The average molecular weight is 254 g/mol. The van der Waals surface area contributed by atoms with E-state index >= 15 is 0 Å². The Kier molecular flexibility index (Phi) is 5.82. The molecule has 0 radical (unpaired) electrons. The van der Waals surface area contributed by atoms with Crippen LogP contribution in [0.4, 0.5) is 0 Å². The molecule has 19 heavy (non-hydrogen) atoms. The van der Waals surface area contributed by atoms with Gasteiger partial charge in [0.25, 0.3) is 0 Å². The van der Waals surface area contributed by atoms with Gasteiger partial charge in [0.1, 0.15) is 0 Å². The zero-order valence-electron chi connectivity index (χ0n) is 13.1. The third-order valence-electron chi connectivity index (χ3n) is 3.26. The first-order chi connectivity index (χ1) is 9.08. The molecule has 0 atom stereocenters. The zero-order valence-corrected chi connectivity index (χ0v) is 13.1. The first-order valence-corrected chi connectivity index (χ1v) is 7.25. The molecule has 2 aromatic rings. The summed E-state index contributed by atoms with van der Waals surface area (Å²) in [6.07, 6.45) is 0. The van der Waals surface area contributed by atoms with E-state index < -0.39 is 0 Å². The summed E-state index contributed by atoms with van der Waals surface area (Å²) < 4.78 is 0. The van der Waals surface area contributed by atoms with Crippen LogP contribution in [-0.4, -0.2) is 0 Å². The third kappa shape index (κ3) is 3.96. The minimum Gasteiger partial charge on any atom is -0.0683 e. The fourth-order valence-corrected chi connectivity index (χ4v) is 2.11. The summed E-state index contributed by atoms with van der Waals surface area (Å²) in [6, 6.07) is 15.5. The molecule has 0 nitrogen and oxygen atoms in total. The molecule has 0 aliphatic carbocycles. The first kappa shape index (κ1) is 15.5. The van der Waals surface area contributed by atoms with Crippen molar-refractivity contribution < 1.29 is 0 Å². The third-order valence-corrected chi connectivity index (χ3v) is 3.26. The molecular weight excluding hydrogens is 228 g/mol. The lowest BCUT2D eigenvalue weighted by atomic mass is 9.94. The number of hydrogen-bond donors (Lipinski definition) is 0. The monoisotopic (exact) mass is 254 g/mol. The van der Waals surface area contributed by atoms with Crippen LogP contribution in [-0.2, 0) is 0 Å². The van der Waals surface area contributed by atoms with Gasteiger partial charge in [0.15, 0.2) is 0 Å². The molecule has 0 heterocycles. The van der Waals surface area contributed by atoms with Crippen LogP contribution in [0.25, 0.3) is 11.1 Å². The molecule has 0 heteroatoms. The van der Waals surface area contributed by atoms with Gasteiger partial charge in [-0.2, -0.15) is 0 Å². The van der Waals surface area contributed by atoms with Crippen molar-refractivity contribution in [3.8, 4) is 11.1 Å². The van der Waals surface area contributed by atoms with Crippen LogP contribution in [0, 0.1) is 13.8 Å². The Balaban J connectivity index is 0.000000861. The second-order valence-electron chi connectivity index (χ2n) is 5.10. The molecule has 0 saturated carbocycles. The van der Waals surface area contributed by atoms with Crippen molar-refractivity contribution in [1.82, 2.24) is 0 Å². The fourth-order valence-electron chi connectivity index (χ4n) is 2.11. The summed E-state index contributed by atoms with van der Waals surface area (Å²) in [4.78, 5) is 0. The molecule has 0 aliphatic rings. The van der Waals surface area contributed by atoms with Crippen molar-refractivity contribution in [3.63, 3.8) is 0 Å². The quantitative estimate of drug-likeness (QED) is 0.605. The Morgan fingerprint density at radius 3 is 2.16 bits per heavy atom. The molecule has 0 spiro atoms. The highest BCUT2D eigenvalue weighted by Gasteiger charge is 2.05. The minimum absolute atomic E-state index is 0.583. The van der Waals surface area contributed by atoms with Crippen LogP contribution in [0.1, 0.15) is 50.3 Å². The number of aryl methyl sites for hydroxylation is 2. The molecule has 0 aliphatic heterocycles. The summed E-state index contributed by atoms with van der Waals surface area (Å²) in [5, 5.41) is 0. The second-order valence-corrected chi connectivity index (χ2v) is 5.10. The van der Waals surface area contributed by atoms with Crippen LogP contribution in [0.3, 0.4) is 0 Å². The van der Waals surface area contributed by atoms with E-state index in [2.05, 4.69) is 70.2 Å². The fraction of sp³-hybridized carbons (Fsp3) is 0.368. The van der Waals surface area contributed by atoms with Gasteiger partial charge in [-0.1, -0.05) is 75.7 Å². The van der Waals surface area contributed by atoms with Gasteiger partial charge in [-0.25, -0.2) is 0 Å². The van der Waals surface area contributed by atoms with Gasteiger partial charge in [-0.15, -0.1) is 0 Å². The lowest BCUT2D eigenvalue weighted by Gasteiger charge is -2.11. The van der Waals surface area contributed by atoms with E-state index in [1.165, 1.54) is 27.8 Å². The Morgan fingerprint density at radius 1 is 0.842 bits per heavy atom. The molecule has 0 amide bonds. The molecule has 2 rings (SSSR count). The van der Waals surface area contributed by atoms with Crippen LogP contribution in [0.5, 0.6) is 0 Å². The highest BCUT2D eigenvalue weighted by Crippen LogP contribution is 2.27. The van der Waals surface area contributed by atoms with Gasteiger partial charge in [-0.05, 0) is 42.0 Å². The Labute approximate surface area is 118 Å². The van der Waals surface area contributed by atoms with Crippen LogP contribution >= 0.6 is 0 Å². The molecule has 0 fully saturated rings. The zero-order chi connectivity index (χ0) is 14.4. The molecule has 0 aromatic heterocycles. The second kappa shape index (κ2) is 7.13. The van der Waals surface area contributed by atoms with Gasteiger partial charge in [0.2, 0.25) is 0 Å². The van der Waals surface area contributed by atoms with E-state index in [1.807, 2.05) is 13.8 Å². The Bertz CT molecular complexity index is 521. The van der Waals surface area contributed by atoms with Crippen molar-refractivity contribution in [3.05, 3.63) is 59.2 Å². The Morgan fingerprint density at radius 2 is 1.53 bits per heavy atom. The highest BCUT2D eigenvalue weighted by atomic mass is 14.1. The van der Waals surface area contributed by atoms with E-state index in [1.54, 1.807) is 0 Å². The normalized spacial score (nSPS) is 10.1.